The molecule has 0 spiro atoms. The first kappa shape index (κ1) is 16.9. The normalized spacial score (nSPS) is 10.8. The van der Waals surface area contributed by atoms with Crippen molar-refractivity contribution >= 4 is 33.5 Å². The smallest absolute Gasteiger partial charge is 0.214 e. The van der Waals surface area contributed by atoms with Crippen molar-refractivity contribution < 1.29 is 4.79 Å². The molecule has 0 radical (unpaired) electrons. The maximum absolute atomic E-state index is 12.3. The predicted octanol–water partition coefficient (Wildman–Crippen LogP) is 4.02. The average molecular weight is 403 g/mol. The highest BCUT2D eigenvalue weighted by Gasteiger charge is 2.14. The van der Waals surface area contributed by atoms with Crippen molar-refractivity contribution in [2.75, 3.05) is 5.75 Å². The molecule has 0 aliphatic heterocycles. The number of aryl methyl sites for hydroxylation is 2. The number of tetrazole rings is 1. The molecule has 0 saturated carbocycles. The largest absolute Gasteiger partial charge is 0.293 e. The molecule has 3 aromatic rings. The minimum Gasteiger partial charge on any atom is -0.293 e. The number of ketones is 1. The topological polar surface area (TPSA) is 60.7 Å². The monoisotopic (exact) mass is 402 g/mol. The standard InChI is InChI=1S/C17H15BrN4OS/c1-11-6-7-12(2)15(8-11)22-17(19-20-21-22)24-10-16(23)13-4-3-5-14(18)9-13/h3-9H,10H2,1-2H3. The van der Waals surface area contributed by atoms with Gasteiger partial charge in [0.1, 0.15) is 0 Å². The van der Waals surface area contributed by atoms with Crippen LogP contribution in [-0.2, 0) is 0 Å². The van der Waals surface area contributed by atoms with Crippen molar-refractivity contribution in [3.8, 4) is 5.69 Å². The van der Waals surface area contributed by atoms with Crippen LogP contribution in [0, 0.1) is 13.8 Å². The lowest BCUT2D eigenvalue weighted by Gasteiger charge is -2.08. The van der Waals surface area contributed by atoms with E-state index in [0.717, 1.165) is 21.3 Å². The van der Waals surface area contributed by atoms with E-state index in [1.54, 1.807) is 10.7 Å². The van der Waals surface area contributed by atoms with Crippen LogP contribution in [0.15, 0.2) is 52.1 Å². The lowest BCUT2D eigenvalue weighted by atomic mass is 10.1. The number of hydrogen-bond acceptors (Lipinski definition) is 5. The van der Waals surface area contributed by atoms with Crippen LogP contribution in [0.25, 0.3) is 5.69 Å². The molecule has 0 N–H and O–H groups in total. The number of benzene rings is 2. The van der Waals surface area contributed by atoms with Gasteiger partial charge in [0.15, 0.2) is 5.78 Å². The second-order valence-corrected chi connectivity index (χ2v) is 7.24. The van der Waals surface area contributed by atoms with Crippen molar-refractivity contribution in [2.24, 2.45) is 0 Å². The van der Waals surface area contributed by atoms with Crippen molar-refractivity contribution in [1.29, 1.82) is 0 Å². The summed E-state index contributed by atoms with van der Waals surface area (Å²) in [5, 5.41) is 12.5. The van der Waals surface area contributed by atoms with Crippen LogP contribution in [0.2, 0.25) is 0 Å². The molecule has 122 valence electrons. The van der Waals surface area contributed by atoms with Gasteiger partial charge in [-0.25, -0.2) is 0 Å². The molecule has 2 aromatic carbocycles. The summed E-state index contributed by atoms with van der Waals surface area (Å²) in [5.74, 6) is 0.318. The number of nitrogens with zero attached hydrogens (tertiary/aromatic N) is 4. The van der Waals surface area contributed by atoms with Crippen molar-refractivity contribution in [3.05, 3.63) is 63.6 Å². The molecule has 5 nitrogen and oxygen atoms in total. The van der Waals surface area contributed by atoms with Crippen LogP contribution < -0.4 is 0 Å². The van der Waals surface area contributed by atoms with E-state index in [1.807, 2.05) is 50.2 Å². The second kappa shape index (κ2) is 7.27. The predicted molar refractivity (Wildman–Crippen MR) is 97.8 cm³/mol. The van der Waals surface area contributed by atoms with E-state index in [-0.39, 0.29) is 11.5 Å². The van der Waals surface area contributed by atoms with Crippen LogP contribution in [0.4, 0.5) is 0 Å². The number of Topliss-reactive ketones (excluding diaryl/α,β-unsaturated/α-hetero) is 1. The molecule has 0 amide bonds. The van der Waals surface area contributed by atoms with Gasteiger partial charge in [-0.2, -0.15) is 4.68 Å². The van der Waals surface area contributed by atoms with Crippen LogP contribution in [-0.4, -0.2) is 31.7 Å². The Bertz CT molecular complexity index is 894. The fourth-order valence-corrected chi connectivity index (χ4v) is 3.42. The van der Waals surface area contributed by atoms with Gasteiger partial charge in [-0.05, 0) is 53.6 Å². The number of halogens is 1. The lowest BCUT2D eigenvalue weighted by molar-refractivity contribution is 0.102. The van der Waals surface area contributed by atoms with Crippen LogP contribution in [0.1, 0.15) is 21.5 Å². The zero-order chi connectivity index (χ0) is 17.1. The number of rotatable bonds is 5. The van der Waals surface area contributed by atoms with Gasteiger partial charge in [-0.1, -0.05) is 52.0 Å². The van der Waals surface area contributed by atoms with Crippen LogP contribution in [0.5, 0.6) is 0 Å². The molecule has 24 heavy (non-hydrogen) atoms. The van der Waals surface area contributed by atoms with Crippen LogP contribution >= 0.6 is 27.7 Å². The molecule has 0 bridgehead atoms. The van der Waals surface area contributed by atoms with Gasteiger partial charge in [0.2, 0.25) is 5.16 Å². The third-order valence-corrected chi connectivity index (χ3v) is 4.93. The molecule has 1 heterocycles. The average Bonchev–Trinajstić information content (AvgIpc) is 3.03. The summed E-state index contributed by atoms with van der Waals surface area (Å²) in [6.07, 6.45) is 0. The Morgan fingerprint density at radius 1 is 1.21 bits per heavy atom. The first-order valence-corrected chi connectivity index (χ1v) is 9.10. The molecule has 0 atom stereocenters. The van der Waals surface area contributed by atoms with Gasteiger partial charge in [-0.15, -0.1) is 5.10 Å². The number of thioether (sulfide) groups is 1. The van der Waals surface area contributed by atoms with Gasteiger partial charge in [0, 0.05) is 10.0 Å². The number of carbonyl (C=O) groups excluding carboxylic acids is 1. The van der Waals surface area contributed by atoms with Gasteiger partial charge in [-0.3, -0.25) is 4.79 Å². The molecule has 0 aliphatic rings. The van der Waals surface area contributed by atoms with E-state index in [9.17, 15) is 4.79 Å². The molecule has 7 heteroatoms. The first-order valence-electron chi connectivity index (χ1n) is 7.32. The second-order valence-electron chi connectivity index (χ2n) is 5.39. The number of aromatic nitrogens is 4. The van der Waals surface area contributed by atoms with E-state index in [2.05, 4.69) is 31.5 Å². The Morgan fingerprint density at radius 3 is 2.83 bits per heavy atom. The molecular weight excluding hydrogens is 388 g/mol. The number of carbonyl (C=O) groups is 1. The summed E-state index contributed by atoms with van der Waals surface area (Å²) in [6, 6.07) is 13.5. The summed E-state index contributed by atoms with van der Waals surface area (Å²) < 4.78 is 2.57. The molecule has 1 aromatic heterocycles. The summed E-state index contributed by atoms with van der Waals surface area (Å²) in [5.41, 5.74) is 3.81. The van der Waals surface area contributed by atoms with Crippen LogP contribution in [0.3, 0.4) is 0 Å². The molecule has 3 rings (SSSR count). The third-order valence-electron chi connectivity index (χ3n) is 3.51. The first-order chi connectivity index (χ1) is 11.5. The van der Waals surface area contributed by atoms with Gasteiger partial charge >= 0.3 is 0 Å². The van der Waals surface area contributed by atoms with E-state index in [0.29, 0.717) is 10.7 Å². The van der Waals surface area contributed by atoms with Gasteiger partial charge < -0.3 is 0 Å². The lowest BCUT2D eigenvalue weighted by Crippen LogP contribution is -2.06. The van der Waals surface area contributed by atoms with E-state index < -0.39 is 0 Å². The third kappa shape index (κ3) is 3.73. The molecule has 0 saturated heterocycles. The molecule has 0 fully saturated rings. The maximum atomic E-state index is 12.3. The fourth-order valence-electron chi connectivity index (χ4n) is 2.24. The summed E-state index contributed by atoms with van der Waals surface area (Å²) in [7, 11) is 0. The highest BCUT2D eigenvalue weighted by atomic mass is 79.9. The Balaban J connectivity index is 1.79. The van der Waals surface area contributed by atoms with E-state index in [4.69, 9.17) is 0 Å². The Kier molecular flexibility index (Phi) is 5.11. The summed E-state index contributed by atoms with van der Waals surface area (Å²) in [4.78, 5) is 12.3. The zero-order valence-electron chi connectivity index (χ0n) is 13.2. The molecule has 0 unspecified atom stereocenters. The highest BCUT2D eigenvalue weighted by Crippen LogP contribution is 2.23. The fraction of sp³-hybridized carbons (Fsp3) is 0.176. The summed E-state index contributed by atoms with van der Waals surface area (Å²) >= 11 is 4.72. The molecular formula is C17H15BrN4OS. The van der Waals surface area contributed by atoms with Gasteiger partial charge in [0.25, 0.3) is 0 Å². The Labute approximate surface area is 152 Å². The quantitative estimate of drug-likeness (QED) is 0.476. The minimum absolute atomic E-state index is 0.0387. The van der Waals surface area contributed by atoms with Gasteiger partial charge in [0.05, 0.1) is 11.4 Å². The van der Waals surface area contributed by atoms with E-state index in [1.165, 1.54) is 11.8 Å². The van der Waals surface area contributed by atoms with Crippen molar-refractivity contribution in [2.45, 2.75) is 19.0 Å². The number of hydrogen-bond donors (Lipinski definition) is 0. The van der Waals surface area contributed by atoms with Crippen molar-refractivity contribution in [3.63, 3.8) is 0 Å². The van der Waals surface area contributed by atoms with E-state index >= 15 is 0 Å². The summed E-state index contributed by atoms with van der Waals surface area (Å²) in [6.45, 7) is 4.04. The Morgan fingerprint density at radius 2 is 2.04 bits per heavy atom. The molecule has 0 aliphatic carbocycles. The zero-order valence-corrected chi connectivity index (χ0v) is 15.6. The SMILES string of the molecule is Cc1ccc(C)c(-n2nnnc2SCC(=O)c2cccc(Br)c2)c1. The Hall–Kier alpha value is -1.99. The van der Waals surface area contributed by atoms with Crippen molar-refractivity contribution in [1.82, 2.24) is 20.2 Å². The highest BCUT2D eigenvalue weighted by molar-refractivity contribution is 9.10. The minimum atomic E-state index is 0.0387. The maximum Gasteiger partial charge on any atom is 0.214 e.